The Morgan fingerprint density at radius 2 is 2.25 bits per heavy atom. The second-order valence-corrected chi connectivity index (χ2v) is 5.77. The van der Waals surface area contributed by atoms with Crippen LogP contribution in [0.3, 0.4) is 0 Å². The first-order valence-electron chi connectivity index (χ1n) is 5.80. The van der Waals surface area contributed by atoms with Crippen molar-refractivity contribution in [3.63, 3.8) is 0 Å². The molecule has 110 valence electrons. The molecule has 0 atom stereocenters. The SMILES string of the molecule is C=CCN(Cc1noc(CN)n1)Cc1ccc(Cl)s1.Cl. The topological polar surface area (TPSA) is 68.2 Å². The number of thiophene rings is 1. The maximum absolute atomic E-state index is 5.93. The fraction of sp³-hybridized carbons (Fsp3) is 0.333. The predicted octanol–water partition coefficient (Wildman–Crippen LogP) is 2.85. The van der Waals surface area contributed by atoms with Crippen LogP contribution >= 0.6 is 35.3 Å². The molecule has 0 unspecified atom stereocenters. The largest absolute Gasteiger partial charge is 0.338 e. The van der Waals surface area contributed by atoms with Gasteiger partial charge in [-0.3, -0.25) is 4.90 Å². The summed E-state index contributed by atoms with van der Waals surface area (Å²) in [6.45, 7) is 6.12. The molecule has 0 aromatic carbocycles. The fourth-order valence-corrected chi connectivity index (χ4v) is 2.79. The Hall–Kier alpha value is -0.920. The minimum Gasteiger partial charge on any atom is -0.338 e. The van der Waals surface area contributed by atoms with Crippen LogP contribution in [0.4, 0.5) is 0 Å². The maximum atomic E-state index is 5.93. The van der Waals surface area contributed by atoms with Crippen LogP contribution in [-0.4, -0.2) is 21.6 Å². The summed E-state index contributed by atoms with van der Waals surface area (Å²) in [5, 5.41) is 3.89. The number of hydrogen-bond donors (Lipinski definition) is 1. The van der Waals surface area contributed by atoms with Crippen LogP contribution in [0.15, 0.2) is 29.3 Å². The van der Waals surface area contributed by atoms with Gasteiger partial charge in [-0.15, -0.1) is 30.3 Å². The normalized spacial score (nSPS) is 10.6. The van der Waals surface area contributed by atoms with Crippen molar-refractivity contribution in [2.45, 2.75) is 19.6 Å². The van der Waals surface area contributed by atoms with Gasteiger partial charge in [0, 0.05) is 18.0 Å². The zero-order valence-electron chi connectivity index (χ0n) is 10.8. The molecule has 5 nitrogen and oxygen atoms in total. The molecule has 2 aromatic rings. The zero-order valence-corrected chi connectivity index (χ0v) is 13.2. The smallest absolute Gasteiger partial charge is 0.240 e. The van der Waals surface area contributed by atoms with Crippen LogP contribution < -0.4 is 5.73 Å². The van der Waals surface area contributed by atoms with E-state index in [4.69, 9.17) is 21.9 Å². The molecule has 0 fully saturated rings. The Morgan fingerprint density at radius 3 is 2.80 bits per heavy atom. The van der Waals surface area contributed by atoms with Gasteiger partial charge in [-0.1, -0.05) is 22.8 Å². The van der Waals surface area contributed by atoms with Gasteiger partial charge in [-0.05, 0) is 12.1 Å². The highest BCUT2D eigenvalue weighted by atomic mass is 35.5. The maximum Gasteiger partial charge on any atom is 0.240 e. The third kappa shape index (κ3) is 4.88. The van der Waals surface area contributed by atoms with Gasteiger partial charge in [-0.2, -0.15) is 4.98 Å². The molecule has 0 amide bonds. The first-order chi connectivity index (χ1) is 9.21. The lowest BCUT2D eigenvalue weighted by molar-refractivity contribution is 0.274. The number of rotatable bonds is 7. The van der Waals surface area contributed by atoms with Gasteiger partial charge in [0.2, 0.25) is 5.89 Å². The highest BCUT2D eigenvalue weighted by Gasteiger charge is 2.11. The fourth-order valence-electron chi connectivity index (χ4n) is 1.66. The zero-order chi connectivity index (χ0) is 13.7. The lowest BCUT2D eigenvalue weighted by atomic mass is 10.4. The molecule has 2 heterocycles. The Kier molecular flexibility index (Phi) is 7.18. The standard InChI is InChI=1S/C12H15ClN4OS.ClH/c1-2-5-17(7-9-3-4-10(13)19-9)8-11-15-12(6-14)18-16-11;/h2-4H,1,5-8,14H2;1H. The average molecular weight is 335 g/mol. The lowest BCUT2D eigenvalue weighted by Gasteiger charge is -2.17. The quantitative estimate of drug-likeness (QED) is 0.788. The van der Waals surface area contributed by atoms with Crippen LogP contribution in [-0.2, 0) is 19.6 Å². The molecule has 2 N–H and O–H groups in total. The number of halogens is 2. The van der Waals surface area contributed by atoms with Gasteiger partial charge in [0.15, 0.2) is 5.82 Å². The molecule has 0 saturated carbocycles. The lowest BCUT2D eigenvalue weighted by Crippen LogP contribution is -2.23. The number of hydrogen-bond acceptors (Lipinski definition) is 6. The summed E-state index contributed by atoms with van der Waals surface area (Å²) in [5.41, 5.74) is 5.44. The van der Waals surface area contributed by atoms with Gasteiger partial charge in [0.05, 0.1) is 17.4 Å². The first kappa shape index (κ1) is 17.1. The third-order valence-electron chi connectivity index (χ3n) is 2.45. The molecule has 2 rings (SSSR count). The van der Waals surface area contributed by atoms with E-state index >= 15 is 0 Å². The van der Waals surface area contributed by atoms with E-state index in [1.807, 2.05) is 18.2 Å². The number of nitrogens with two attached hydrogens (primary N) is 1. The van der Waals surface area contributed by atoms with Crippen molar-refractivity contribution in [3.8, 4) is 0 Å². The minimum atomic E-state index is 0. The number of aromatic nitrogens is 2. The van der Waals surface area contributed by atoms with Crippen molar-refractivity contribution in [3.05, 3.63) is 45.7 Å². The van der Waals surface area contributed by atoms with Gasteiger partial charge in [0.25, 0.3) is 0 Å². The molecule has 8 heteroatoms. The molecular weight excluding hydrogens is 319 g/mol. The van der Waals surface area contributed by atoms with E-state index in [2.05, 4.69) is 21.6 Å². The van der Waals surface area contributed by atoms with Gasteiger partial charge < -0.3 is 10.3 Å². The van der Waals surface area contributed by atoms with E-state index in [1.54, 1.807) is 11.3 Å². The van der Waals surface area contributed by atoms with Crippen molar-refractivity contribution in [1.29, 1.82) is 0 Å². The molecule has 0 aliphatic carbocycles. The van der Waals surface area contributed by atoms with E-state index in [0.717, 1.165) is 17.4 Å². The van der Waals surface area contributed by atoms with E-state index in [-0.39, 0.29) is 19.0 Å². The molecular formula is C12H16Cl2N4OS. The monoisotopic (exact) mass is 334 g/mol. The highest BCUT2D eigenvalue weighted by Crippen LogP contribution is 2.23. The number of nitrogens with zero attached hydrogens (tertiary/aromatic N) is 3. The predicted molar refractivity (Wildman–Crippen MR) is 83.1 cm³/mol. The summed E-state index contributed by atoms with van der Waals surface area (Å²) in [7, 11) is 0. The van der Waals surface area contributed by atoms with Crippen LogP contribution in [0.1, 0.15) is 16.6 Å². The van der Waals surface area contributed by atoms with Crippen LogP contribution in [0, 0.1) is 0 Å². The van der Waals surface area contributed by atoms with Crippen molar-refractivity contribution in [2.24, 2.45) is 5.73 Å². The van der Waals surface area contributed by atoms with E-state index in [0.29, 0.717) is 18.3 Å². The molecule has 0 saturated heterocycles. The Balaban J connectivity index is 0.00000200. The molecule has 0 aliphatic rings. The van der Waals surface area contributed by atoms with Crippen LogP contribution in [0.2, 0.25) is 4.34 Å². The summed E-state index contributed by atoms with van der Waals surface area (Å²) in [4.78, 5) is 7.54. The summed E-state index contributed by atoms with van der Waals surface area (Å²) >= 11 is 7.50. The van der Waals surface area contributed by atoms with E-state index in [1.165, 1.54) is 4.88 Å². The van der Waals surface area contributed by atoms with Crippen molar-refractivity contribution in [1.82, 2.24) is 15.0 Å². The molecule has 0 aliphatic heterocycles. The van der Waals surface area contributed by atoms with Gasteiger partial charge in [0.1, 0.15) is 0 Å². The summed E-state index contributed by atoms with van der Waals surface area (Å²) in [6.07, 6.45) is 1.85. The van der Waals surface area contributed by atoms with Crippen molar-refractivity contribution < 1.29 is 4.52 Å². The molecule has 0 radical (unpaired) electrons. The summed E-state index contributed by atoms with van der Waals surface area (Å²) in [6, 6.07) is 3.92. The molecule has 0 spiro atoms. The molecule has 2 aromatic heterocycles. The van der Waals surface area contributed by atoms with E-state index < -0.39 is 0 Å². The van der Waals surface area contributed by atoms with Gasteiger partial charge >= 0.3 is 0 Å². The highest BCUT2D eigenvalue weighted by molar-refractivity contribution is 7.16. The summed E-state index contributed by atoms with van der Waals surface area (Å²) < 4.78 is 5.78. The van der Waals surface area contributed by atoms with Crippen molar-refractivity contribution >= 4 is 35.3 Å². The van der Waals surface area contributed by atoms with Crippen LogP contribution in [0.5, 0.6) is 0 Å². The van der Waals surface area contributed by atoms with Crippen molar-refractivity contribution in [2.75, 3.05) is 6.54 Å². The van der Waals surface area contributed by atoms with Gasteiger partial charge in [-0.25, -0.2) is 0 Å². The second-order valence-electron chi connectivity index (χ2n) is 3.97. The Morgan fingerprint density at radius 1 is 1.45 bits per heavy atom. The summed E-state index contributed by atoms with van der Waals surface area (Å²) in [5.74, 6) is 1.08. The Bertz CT molecular complexity index is 543. The molecule has 0 bridgehead atoms. The molecule has 20 heavy (non-hydrogen) atoms. The second kappa shape index (κ2) is 8.39. The average Bonchev–Trinajstić information content (AvgIpc) is 2.99. The van der Waals surface area contributed by atoms with Crippen LogP contribution in [0.25, 0.3) is 0 Å². The minimum absolute atomic E-state index is 0. The van der Waals surface area contributed by atoms with E-state index in [9.17, 15) is 0 Å². The third-order valence-corrected chi connectivity index (χ3v) is 3.66. The first-order valence-corrected chi connectivity index (χ1v) is 6.99. The Labute approximate surface area is 132 Å².